The van der Waals surface area contributed by atoms with Gasteiger partial charge in [0.25, 0.3) is 5.91 Å². The van der Waals surface area contributed by atoms with Crippen molar-refractivity contribution in [2.75, 3.05) is 13.2 Å². The summed E-state index contributed by atoms with van der Waals surface area (Å²) in [5.41, 5.74) is 4.34. The van der Waals surface area contributed by atoms with E-state index in [1.165, 1.54) is 0 Å². The quantitative estimate of drug-likeness (QED) is 0.777. The Labute approximate surface area is 147 Å². The fourth-order valence-electron chi connectivity index (χ4n) is 2.96. The van der Waals surface area contributed by atoms with Crippen molar-refractivity contribution in [2.45, 2.75) is 20.4 Å². The number of fused-ring (bicyclic) bond motifs is 1. The minimum atomic E-state index is -0.105. The normalized spacial score (nSPS) is 10.8. The van der Waals surface area contributed by atoms with E-state index in [-0.39, 0.29) is 12.5 Å². The molecule has 1 aromatic heterocycles. The van der Waals surface area contributed by atoms with Crippen molar-refractivity contribution in [3.63, 3.8) is 0 Å². The summed E-state index contributed by atoms with van der Waals surface area (Å²) in [7, 11) is 0. The molecule has 3 aromatic rings. The number of carbonyl (C=O) groups is 1. The number of hydrogen-bond acceptors (Lipinski definition) is 3. The molecule has 0 aliphatic heterocycles. The predicted molar refractivity (Wildman–Crippen MR) is 99.5 cm³/mol. The van der Waals surface area contributed by atoms with E-state index in [0.717, 1.165) is 22.0 Å². The molecule has 0 atom stereocenters. The van der Waals surface area contributed by atoms with Crippen molar-refractivity contribution in [1.29, 1.82) is 0 Å². The molecule has 1 amide bonds. The van der Waals surface area contributed by atoms with Crippen molar-refractivity contribution in [3.8, 4) is 0 Å². The molecule has 0 aliphatic rings. The van der Waals surface area contributed by atoms with Crippen LogP contribution in [0.15, 0.2) is 54.6 Å². The molecule has 0 spiro atoms. The predicted octanol–water partition coefficient (Wildman–Crippen LogP) is 3.49. The number of carbonyl (C=O) groups excluding carboxylic acids is 1. The fraction of sp³-hybridized carbons (Fsp3) is 0.238. The second kappa shape index (κ2) is 7.45. The minimum absolute atomic E-state index is 0.0717. The number of aliphatic hydroxyl groups is 1. The molecule has 2 aromatic carbocycles. The monoisotopic (exact) mass is 334 g/mol. The Kier molecular flexibility index (Phi) is 5.10. The lowest BCUT2D eigenvalue weighted by Gasteiger charge is -2.23. The van der Waals surface area contributed by atoms with Crippen LogP contribution in [0.2, 0.25) is 0 Å². The molecular formula is C21H22N2O2. The van der Waals surface area contributed by atoms with Gasteiger partial charge in [-0.25, -0.2) is 0 Å². The number of aryl methyl sites for hydroxylation is 2. The lowest BCUT2D eigenvalue weighted by molar-refractivity contribution is 0.0707. The van der Waals surface area contributed by atoms with Gasteiger partial charge in [-0.1, -0.05) is 42.0 Å². The molecule has 0 aliphatic carbocycles. The third-order valence-corrected chi connectivity index (χ3v) is 4.26. The molecular weight excluding hydrogens is 312 g/mol. The Morgan fingerprint density at radius 2 is 1.84 bits per heavy atom. The zero-order valence-corrected chi connectivity index (χ0v) is 14.6. The van der Waals surface area contributed by atoms with Crippen LogP contribution in [0.4, 0.5) is 0 Å². The summed E-state index contributed by atoms with van der Waals surface area (Å²) in [6.07, 6.45) is 0. The summed E-state index contributed by atoms with van der Waals surface area (Å²) in [5.74, 6) is -0.105. The van der Waals surface area contributed by atoms with Crippen LogP contribution in [0, 0.1) is 13.8 Å². The van der Waals surface area contributed by atoms with Crippen LogP contribution in [0.3, 0.4) is 0 Å². The van der Waals surface area contributed by atoms with E-state index in [2.05, 4.69) is 4.98 Å². The van der Waals surface area contributed by atoms with Gasteiger partial charge in [-0.3, -0.25) is 9.78 Å². The van der Waals surface area contributed by atoms with Crippen molar-refractivity contribution >= 4 is 16.8 Å². The zero-order valence-electron chi connectivity index (χ0n) is 14.6. The van der Waals surface area contributed by atoms with Gasteiger partial charge in [0, 0.05) is 18.5 Å². The first kappa shape index (κ1) is 17.1. The van der Waals surface area contributed by atoms with E-state index in [1.54, 1.807) is 4.90 Å². The Morgan fingerprint density at radius 3 is 2.56 bits per heavy atom. The van der Waals surface area contributed by atoms with Crippen LogP contribution in [0.1, 0.15) is 27.2 Å². The van der Waals surface area contributed by atoms with E-state index < -0.39 is 0 Å². The van der Waals surface area contributed by atoms with Crippen molar-refractivity contribution in [1.82, 2.24) is 9.88 Å². The highest BCUT2D eigenvalue weighted by molar-refractivity contribution is 5.98. The molecule has 3 rings (SSSR count). The lowest BCUT2D eigenvalue weighted by Crippen LogP contribution is -2.33. The molecule has 1 heterocycles. The number of rotatable bonds is 5. The maximum Gasteiger partial charge on any atom is 0.256 e. The average Bonchev–Trinajstić information content (AvgIpc) is 2.61. The standard InChI is InChI=1S/C21H22N2O2/c1-15-8-9-20-18(12-15)13-19(16(2)22-20)21(25)23(10-11-24)14-17-6-4-3-5-7-17/h3-9,12-13,24H,10-11,14H2,1-2H3. The van der Waals surface area contributed by atoms with Crippen molar-refractivity contribution < 1.29 is 9.90 Å². The molecule has 25 heavy (non-hydrogen) atoms. The van der Waals surface area contributed by atoms with Gasteiger partial charge in [0.2, 0.25) is 0 Å². The number of benzene rings is 2. The maximum atomic E-state index is 13.1. The van der Waals surface area contributed by atoms with E-state index in [9.17, 15) is 9.90 Å². The van der Waals surface area contributed by atoms with Crippen LogP contribution in [0.5, 0.6) is 0 Å². The van der Waals surface area contributed by atoms with E-state index >= 15 is 0 Å². The topological polar surface area (TPSA) is 53.4 Å². The molecule has 4 heteroatoms. The largest absolute Gasteiger partial charge is 0.395 e. The molecule has 128 valence electrons. The second-order valence-corrected chi connectivity index (χ2v) is 6.25. The Bertz CT molecular complexity index is 891. The summed E-state index contributed by atoms with van der Waals surface area (Å²) in [5, 5.41) is 10.3. The van der Waals surface area contributed by atoms with Crippen LogP contribution in [-0.4, -0.2) is 34.0 Å². The molecule has 0 unspecified atom stereocenters. The molecule has 0 saturated carbocycles. The number of aliphatic hydroxyl groups excluding tert-OH is 1. The van der Waals surface area contributed by atoms with Gasteiger partial charge in [0.1, 0.15) is 0 Å². The molecule has 0 saturated heterocycles. The van der Waals surface area contributed by atoms with E-state index in [1.807, 2.05) is 68.4 Å². The molecule has 0 radical (unpaired) electrons. The van der Waals surface area contributed by atoms with Gasteiger partial charge in [-0.15, -0.1) is 0 Å². The van der Waals surface area contributed by atoms with Gasteiger partial charge < -0.3 is 10.0 Å². The second-order valence-electron chi connectivity index (χ2n) is 6.25. The van der Waals surface area contributed by atoms with Crippen LogP contribution >= 0.6 is 0 Å². The maximum absolute atomic E-state index is 13.1. The average molecular weight is 334 g/mol. The van der Waals surface area contributed by atoms with Gasteiger partial charge in [0.15, 0.2) is 0 Å². The van der Waals surface area contributed by atoms with Gasteiger partial charge in [-0.2, -0.15) is 0 Å². The summed E-state index contributed by atoms with van der Waals surface area (Å²) >= 11 is 0. The third-order valence-electron chi connectivity index (χ3n) is 4.26. The highest BCUT2D eigenvalue weighted by atomic mass is 16.3. The number of amides is 1. The third kappa shape index (κ3) is 3.86. The van der Waals surface area contributed by atoms with E-state index in [4.69, 9.17) is 0 Å². The number of aromatic nitrogens is 1. The summed E-state index contributed by atoms with van der Waals surface area (Å²) in [4.78, 5) is 19.3. The number of pyridine rings is 1. The smallest absolute Gasteiger partial charge is 0.256 e. The number of nitrogens with zero attached hydrogens (tertiary/aromatic N) is 2. The van der Waals surface area contributed by atoms with Gasteiger partial charge in [-0.05, 0) is 37.6 Å². The highest BCUT2D eigenvalue weighted by Crippen LogP contribution is 2.20. The van der Waals surface area contributed by atoms with Gasteiger partial charge in [0.05, 0.1) is 23.4 Å². The Balaban J connectivity index is 1.96. The Morgan fingerprint density at radius 1 is 1.08 bits per heavy atom. The minimum Gasteiger partial charge on any atom is -0.395 e. The Hall–Kier alpha value is -2.72. The first-order chi connectivity index (χ1) is 12.1. The zero-order chi connectivity index (χ0) is 17.8. The van der Waals surface area contributed by atoms with Crippen LogP contribution in [0.25, 0.3) is 10.9 Å². The summed E-state index contributed by atoms with van der Waals surface area (Å²) < 4.78 is 0. The summed E-state index contributed by atoms with van der Waals surface area (Å²) in [6.45, 7) is 4.56. The first-order valence-electron chi connectivity index (χ1n) is 8.40. The number of hydrogen-bond donors (Lipinski definition) is 1. The SMILES string of the molecule is Cc1ccc2nc(C)c(C(=O)N(CCO)Cc3ccccc3)cc2c1. The first-order valence-corrected chi connectivity index (χ1v) is 8.40. The molecule has 4 nitrogen and oxygen atoms in total. The van der Waals surface area contributed by atoms with Crippen molar-refractivity contribution in [2.24, 2.45) is 0 Å². The highest BCUT2D eigenvalue weighted by Gasteiger charge is 2.19. The van der Waals surface area contributed by atoms with E-state index in [0.29, 0.717) is 24.3 Å². The fourth-order valence-corrected chi connectivity index (χ4v) is 2.96. The summed E-state index contributed by atoms with van der Waals surface area (Å²) in [6, 6.07) is 17.7. The lowest BCUT2D eigenvalue weighted by atomic mass is 10.1. The molecule has 1 N–H and O–H groups in total. The molecule has 0 fully saturated rings. The van der Waals surface area contributed by atoms with Gasteiger partial charge >= 0.3 is 0 Å². The van der Waals surface area contributed by atoms with Crippen LogP contribution in [-0.2, 0) is 6.54 Å². The van der Waals surface area contributed by atoms with Crippen LogP contribution < -0.4 is 0 Å². The molecule has 0 bridgehead atoms. The van der Waals surface area contributed by atoms with Crippen molar-refractivity contribution in [3.05, 3.63) is 77.0 Å².